The predicted octanol–water partition coefficient (Wildman–Crippen LogP) is 3.47. The summed E-state index contributed by atoms with van der Waals surface area (Å²) in [5.41, 5.74) is 2.12. The summed E-state index contributed by atoms with van der Waals surface area (Å²) >= 11 is 5.81. The third kappa shape index (κ3) is 4.09. The molecule has 1 amide bonds. The van der Waals surface area contributed by atoms with Gasteiger partial charge in [-0.3, -0.25) is 4.79 Å². The molecule has 0 radical (unpaired) electrons. The van der Waals surface area contributed by atoms with E-state index >= 15 is 0 Å². The van der Waals surface area contributed by atoms with Gasteiger partial charge in [-0.05, 0) is 42.8 Å². The van der Waals surface area contributed by atoms with E-state index in [9.17, 15) is 9.59 Å². The standard InChI is InChI=1S/C17H16ClNO3/c1-12-5-3-8-15(9-12)19(2)16(20)11-22-17(21)13-6-4-7-14(18)10-13/h3-10H,11H2,1-2H3. The molecule has 2 aromatic rings. The number of hydrogen-bond donors (Lipinski definition) is 0. The molecular formula is C17H16ClNO3. The van der Waals surface area contributed by atoms with Crippen LogP contribution < -0.4 is 4.90 Å². The second-order valence-corrected chi connectivity index (χ2v) is 5.31. The lowest BCUT2D eigenvalue weighted by Gasteiger charge is -2.17. The van der Waals surface area contributed by atoms with E-state index in [0.29, 0.717) is 10.6 Å². The van der Waals surface area contributed by atoms with Crippen molar-refractivity contribution in [3.8, 4) is 0 Å². The van der Waals surface area contributed by atoms with Gasteiger partial charge in [0.2, 0.25) is 0 Å². The normalized spacial score (nSPS) is 10.1. The summed E-state index contributed by atoms with van der Waals surface area (Å²) in [4.78, 5) is 25.4. The maximum absolute atomic E-state index is 12.1. The molecule has 4 nitrogen and oxygen atoms in total. The zero-order chi connectivity index (χ0) is 16.1. The van der Waals surface area contributed by atoms with Crippen LogP contribution in [0.3, 0.4) is 0 Å². The fourth-order valence-electron chi connectivity index (χ4n) is 1.90. The summed E-state index contributed by atoms with van der Waals surface area (Å²) in [5, 5.41) is 0.442. The fourth-order valence-corrected chi connectivity index (χ4v) is 2.09. The van der Waals surface area contributed by atoms with Gasteiger partial charge < -0.3 is 9.64 Å². The summed E-state index contributed by atoms with van der Waals surface area (Å²) in [6.45, 7) is 1.62. The third-order valence-electron chi connectivity index (χ3n) is 3.15. The summed E-state index contributed by atoms with van der Waals surface area (Å²) in [7, 11) is 1.64. The van der Waals surface area contributed by atoms with Crippen LogP contribution in [0.15, 0.2) is 48.5 Å². The molecule has 0 aliphatic heterocycles. The van der Waals surface area contributed by atoms with E-state index in [-0.39, 0.29) is 12.5 Å². The molecule has 2 rings (SSSR count). The Bertz CT molecular complexity index is 700. The number of nitrogens with zero attached hydrogens (tertiary/aromatic N) is 1. The molecule has 0 heterocycles. The topological polar surface area (TPSA) is 46.6 Å². The average molecular weight is 318 g/mol. The highest BCUT2D eigenvalue weighted by atomic mass is 35.5. The molecule has 5 heteroatoms. The molecular weight excluding hydrogens is 302 g/mol. The molecule has 0 aliphatic carbocycles. The van der Waals surface area contributed by atoms with Crippen LogP contribution >= 0.6 is 11.6 Å². The number of anilines is 1. The van der Waals surface area contributed by atoms with Gasteiger partial charge in [0.05, 0.1) is 5.56 Å². The first-order valence-electron chi connectivity index (χ1n) is 6.73. The van der Waals surface area contributed by atoms with Gasteiger partial charge in [-0.1, -0.05) is 29.8 Å². The number of amides is 1. The largest absolute Gasteiger partial charge is 0.452 e. The summed E-state index contributed by atoms with van der Waals surface area (Å²) in [6, 6.07) is 13.9. The Balaban J connectivity index is 1.96. The Morgan fingerprint density at radius 3 is 2.55 bits per heavy atom. The van der Waals surface area contributed by atoms with Gasteiger partial charge in [0.1, 0.15) is 0 Å². The first-order chi connectivity index (χ1) is 10.5. The van der Waals surface area contributed by atoms with Crippen LogP contribution in [0, 0.1) is 6.92 Å². The lowest BCUT2D eigenvalue weighted by atomic mass is 10.2. The molecule has 114 valence electrons. The quantitative estimate of drug-likeness (QED) is 0.811. The van der Waals surface area contributed by atoms with E-state index in [1.807, 2.05) is 31.2 Å². The van der Waals surface area contributed by atoms with Crippen LogP contribution in [0.2, 0.25) is 5.02 Å². The van der Waals surface area contributed by atoms with Gasteiger partial charge in [0.15, 0.2) is 6.61 Å². The molecule has 0 atom stereocenters. The van der Waals surface area contributed by atoms with E-state index in [2.05, 4.69) is 0 Å². The summed E-state index contributed by atoms with van der Waals surface area (Å²) in [5.74, 6) is -0.880. The van der Waals surface area contributed by atoms with Gasteiger partial charge >= 0.3 is 5.97 Å². The number of carbonyl (C=O) groups excluding carboxylic acids is 2. The minimum atomic E-state index is -0.575. The Labute approximate surface area is 134 Å². The molecule has 0 saturated heterocycles. The van der Waals surface area contributed by atoms with E-state index in [1.54, 1.807) is 25.2 Å². The van der Waals surface area contributed by atoms with Crippen molar-refractivity contribution in [2.45, 2.75) is 6.92 Å². The molecule has 0 spiro atoms. The summed E-state index contributed by atoms with van der Waals surface area (Å²) in [6.07, 6.45) is 0. The van der Waals surface area contributed by atoms with Gasteiger partial charge in [0, 0.05) is 17.8 Å². The fraction of sp³-hybridized carbons (Fsp3) is 0.176. The zero-order valence-electron chi connectivity index (χ0n) is 12.4. The molecule has 0 aliphatic rings. The van der Waals surface area contributed by atoms with E-state index in [1.165, 1.54) is 11.0 Å². The molecule has 0 saturated carbocycles. The number of rotatable bonds is 4. The van der Waals surface area contributed by atoms with Crippen molar-refractivity contribution in [3.05, 3.63) is 64.7 Å². The molecule has 22 heavy (non-hydrogen) atoms. The van der Waals surface area contributed by atoms with Crippen molar-refractivity contribution in [1.29, 1.82) is 0 Å². The molecule has 0 unspecified atom stereocenters. The Morgan fingerprint density at radius 1 is 1.14 bits per heavy atom. The highest BCUT2D eigenvalue weighted by molar-refractivity contribution is 6.30. The number of likely N-dealkylation sites (N-methyl/N-ethyl adjacent to an activating group) is 1. The number of carbonyl (C=O) groups is 2. The number of esters is 1. The Morgan fingerprint density at radius 2 is 1.86 bits per heavy atom. The van der Waals surface area contributed by atoms with Crippen molar-refractivity contribution in [3.63, 3.8) is 0 Å². The molecule has 2 aromatic carbocycles. The monoisotopic (exact) mass is 317 g/mol. The van der Waals surface area contributed by atoms with Gasteiger partial charge in [-0.25, -0.2) is 4.79 Å². The number of hydrogen-bond acceptors (Lipinski definition) is 3. The highest BCUT2D eigenvalue weighted by Gasteiger charge is 2.15. The number of aryl methyl sites for hydroxylation is 1. The molecule has 0 bridgehead atoms. The van der Waals surface area contributed by atoms with Crippen LogP contribution in [0.5, 0.6) is 0 Å². The summed E-state index contributed by atoms with van der Waals surface area (Å²) < 4.78 is 5.03. The van der Waals surface area contributed by atoms with Gasteiger partial charge in [-0.15, -0.1) is 0 Å². The molecule has 0 N–H and O–H groups in total. The second kappa shape index (κ2) is 7.09. The Kier molecular flexibility index (Phi) is 5.17. The van der Waals surface area contributed by atoms with Crippen molar-refractivity contribution < 1.29 is 14.3 Å². The smallest absolute Gasteiger partial charge is 0.338 e. The van der Waals surface area contributed by atoms with Crippen LogP contribution in [0.4, 0.5) is 5.69 Å². The van der Waals surface area contributed by atoms with Crippen molar-refractivity contribution in [2.75, 3.05) is 18.6 Å². The number of benzene rings is 2. The van der Waals surface area contributed by atoms with Crippen molar-refractivity contribution >= 4 is 29.2 Å². The predicted molar refractivity (Wildman–Crippen MR) is 86.3 cm³/mol. The van der Waals surface area contributed by atoms with Gasteiger partial charge in [-0.2, -0.15) is 0 Å². The first-order valence-corrected chi connectivity index (χ1v) is 7.11. The Hall–Kier alpha value is -2.33. The number of halogens is 1. The average Bonchev–Trinajstić information content (AvgIpc) is 2.51. The SMILES string of the molecule is Cc1cccc(N(C)C(=O)COC(=O)c2cccc(Cl)c2)c1. The van der Waals surface area contributed by atoms with Crippen LogP contribution in [0.1, 0.15) is 15.9 Å². The first kappa shape index (κ1) is 16.0. The van der Waals surface area contributed by atoms with Crippen LogP contribution in [-0.4, -0.2) is 25.5 Å². The second-order valence-electron chi connectivity index (χ2n) is 4.88. The number of ether oxygens (including phenoxy) is 1. The third-order valence-corrected chi connectivity index (χ3v) is 3.39. The maximum Gasteiger partial charge on any atom is 0.338 e. The van der Waals surface area contributed by atoms with Crippen molar-refractivity contribution in [2.24, 2.45) is 0 Å². The van der Waals surface area contributed by atoms with Crippen LogP contribution in [0.25, 0.3) is 0 Å². The maximum atomic E-state index is 12.1. The highest BCUT2D eigenvalue weighted by Crippen LogP contribution is 2.15. The van der Waals surface area contributed by atoms with E-state index in [0.717, 1.165) is 11.3 Å². The lowest BCUT2D eigenvalue weighted by molar-refractivity contribution is -0.121. The molecule has 0 fully saturated rings. The lowest BCUT2D eigenvalue weighted by Crippen LogP contribution is -2.31. The van der Waals surface area contributed by atoms with E-state index in [4.69, 9.17) is 16.3 Å². The zero-order valence-corrected chi connectivity index (χ0v) is 13.1. The minimum Gasteiger partial charge on any atom is -0.452 e. The van der Waals surface area contributed by atoms with Crippen molar-refractivity contribution in [1.82, 2.24) is 0 Å². The van der Waals surface area contributed by atoms with Gasteiger partial charge in [0.25, 0.3) is 5.91 Å². The van der Waals surface area contributed by atoms with E-state index < -0.39 is 5.97 Å². The van der Waals surface area contributed by atoms with Crippen LogP contribution in [-0.2, 0) is 9.53 Å². The molecule has 0 aromatic heterocycles. The minimum absolute atomic E-state index is 0.305.